The molecule has 0 aromatic heterocycles. The molecule has 110 valence electrons. The van der Waals surface area contributed by atoms with Crippen LogP contribution in [0.3, 0.4) is 0 Å². The summed E-state index contributed by atoms with van der Waals surface area (Å²) in [5.74, 6) is 1.18. The van der Waals surface area contributed by atoms with Crippen LogP contribution in [-0.2, 0) is 11.8 Å². The number of hydrogen-bond acceptors (Lipinski definition) is 2. The van der Waals surface area contributed by atoms with Crippen LogP contribution in [0.25, 0.3) is 0 Å². The molecule has 20 heavy (non-hydrogen) atoms. The van der Waals surface area contributed by atoms with E-state index in [1.165, 1.54) is 49.7 Å². The number of benzene rings is 1. The molecule has 0 aliphatic heterocycles. The van der Waals surface area contributed by atoms with E-state index in [0.717, 1.165) is 5.92 Å². The first kappa shape index (κ1) is 13.9. The van der Waals surface area contributed by atoms with Gasteiger partial charge in [0.15, 0.2) is 0 Å². The molecule has 0 unspecified atom stereocenters. The van der Waals surface area contributed by atoms with Gasteiger partial charge in [0.2, 0.25) is 0 Å². The quantitative estimate of drug-likeness (QED) is 0.843. The largest absolute Gasteiger partial charge is 0.508 e. The highest BCUT2D eigenvalue weighted by Gasteiger charge is 2.46. The van der Waals surface area contributed by atoms with E-state index in [9.17, 15) is 5.11 Å². The van der Waals surface area contributed by atoms with Crippen molar-refractivity contribution < 1.29 is 5.11 Å². The van der Waals surface area contributed by atoms with E-state index >= 15 is 0 Å². The van der Waals surface area contributed by atoms with E-state index in [2.05, 4.69) is 32.0 Å². The van der Waals surface area contributed by atoms with Crippen LogP contribution in [0, 0.1) is 5.92 Å². The van der Waals surface area contributed by atoms with Gasteiger partial charge in [-0.3, -0.25) is 0 Å². The van der Waals surface area contributed by atoms with Crippen molar-refractivity contribution in [3.05, 3.63) is 29.3 Å². The molecule has 0 radical (unpaired) electrons. The molecule has 1 fully saturated rings. The topological polar surface area (TPSA) is 23.5 Å². The Bertz CT molecular complexity index is 496. The highest BCUT2D eigenvalue weighted by atomic mass is 16.3. The Balaban J connectivity index is 2.14. The van der Waals surface area contributed by atoms with Crippen LogP contribution >= 0.6 is 0 Å². The van der Waals surface area contributed by atoms with Crippen molar-refractivity contribution in [1.82, 2.24) is 4.90 Å². The lowest BCUT2D eigenvalue weighted by atomic mass is 9.59. The van der Waals surface area contributed by atoms with Crippen LogP contribution in [0.5, 0.6) is 5.75 Å². The van der Waals surface area contributed by atoms with Crippen LogP contribution in [0.1, 0.15) is 50.2 Å². The van der Waals surface area contributed by atoms with E-state index in [4.69, 9.17) is 0 Å². The maximum absolute atomic E-state index is 9.94. The van der Waals surface area contributed by atoms with Gasteiger partial charge in [0, 0.05) is 11.5 Å². The second kappa shape index (κ2) is 5.07. The van der Waals surface area contributed by atoms with Crippen LogP contribution in [0.15, 0.2) is 18.2 Å². The molecule has 3 rings (SSSR count). The Morgan fingerprint density at radius 2 is 2.00 bits per heavy atom. The molecule has 1 N–H and O–H groups in total. The second-order valence-electron chi connectivity index (χ2n) is 7.23. The van der Waals surface area contributed by atoms with E-state index in [-0.39, 0.29) is 5.41 Å². The van der Waals surface area contributed by atoms with Gasteiger partial charge in [0.1, 0.15) is 5.75 Å². The Morgan fingerprint density at radius 1 is 1.20 bits per heavy atom. The average Bonchev–Trinajstić information content (AvgIpc) is 2.37. The normalized spacial score (nSPS) is 33.4. The fraction of sp³-hybridized carbons (Fsp3) is 0.667. The van der Waals surface area contributed by atoms with Crippen LogP contribution < -0.4 is 0 Å². The van der Waals surface area contributed by atoms with Gasteiger partial charge in [-0.05, 0) is 62.5 Å². The number of phenolic OH excluding ortho intramolecular Hbond substituents is 1. The lowest BCUT2D eigenvalue weighted by Crippen LogP contribution is -2.54. The first-order valence-corrected chi connectivity index (χ1v) is 8.01. The van der Waals surface area contributed by atoms with Crippen molar-refractivity contribution in [2.45, 2.75) is 56.9 Å². The van der Waals surface area contributed by atoms with Crippen molar-refractivity contribution in [3.8, 4) is 5.75 Å². The molecule has 0 heterocycles. The molecule has 1 aromatic rings. The summed E-state index contributed by atoms with van der Waals surface area (Å²) in [6, 6.07) is 6.64. The first-order valence-electron chi connectivity index (χ1n) is 8.01. The predicted octanol–water partition coefficient (Wildman–Crippen LogP) is 3.72. The number of aromatic hydroxyl groups is 1. The molecule has 1 aromatic carbocycles. The van der Waals surface area contributed by atoms with Gasteiger partial charge >= 0.3 is 0 Å². The Hall–Kier alpha value is -1.02. The summed E-state index contributed by atoms with van der Waals surface area (Å²) < 4.78 is 0. The minimum absolute atomic E-state index is 0.181. The first-order chi connectivity index (χ1) is 9.52. The lowest BCUT2D eigenvalue weighted by molar-refractivity contribution is 0.0826. The zero-order valence-corrected chi connectivity index (χ0v) is 13.0. The smallest absolute Gasteiger partial charge is 0.115 e. The zero-order chi connectivity index (χ0) is 14.3. The third-order valence-corrected chi connectivity index (χ3v) is 5.62. The maximum atomic E-state index is 9.94. The predicted molar refractivity (Wildman–Crippen MR) is 83.2 cm³/mol. The molecule has 1 saturated carbocycles. The van der Waals surface area contributed by atoms with E-state index in [0.29, 0.717) is 11.8 Å². The summed E-state index contributed by atoms with van der Waals surface area (Å²) in [4.78, 5) is 2.43. The highest BCUT2D eigenvalue weighted by molar-refractivity contribution is 5.44. The minimum atomic E-state index is 0.181. The van der Waals surface area contributed by atoms with Gasteiger partial charge in [-0.1, -0.05) is 32.3 Å². The van der Waals surface area contributed by atoms with Gasteiger partial charge in [0.25, 0.3) is 0 Å². The summed E-state index contributed by atoms with van der Waals surface area (Å²) >= 11 is 0. The SMILES string of the molecule is CN(C)[C@H]1[C@H]2CCCCC[C@]1(C)c1cc(O)ccc1C2. The molecular formula is C18H27NO. The molecule has 2 aliphatic carbocycles. The Labute approximate surface area is 122 Å². The highest BCUT2D eigenvalue weighted by Crippen LogP contribution is 2.48. The van der Waals surface area contributed by atoms with Crippen molar-refractivity contribution in [1.29, 1.82) is 0 Å². The summed E-state index contributed by atoms with van der Waals surface area (Å²) in [5.41, 5.74) is 3.05. The summed E-state index contributed by atoms with van der Waals surface area (Å²) in [7, 11) is 4.45. The number of fused-ring (bicyclic) bond motifs is 4. The third-order valence-electron chi connectivity index (χ3n) is 5.62. The molecule has 3 atom stereocenters. The van der Waals surface area contributed by atoms with Gasteiger partial charge in [0.05, 0.1) is 0 Å². The average molecular weight is 273 g/mol. The fourth-order valence-corrected chi connectivity index (χ4v) is 4.96. The van der Waals surface area contributed by atoms with Crippen molar-refractivity contribution in [2.75, 3.05) is 14.1 Å². The fourth-order valence-electron chi connectivity index (χ4n) is 4.96. The minimum Gasteiger partial charge on any atom is -0.508 e. The molecule has 2 bridgehead atoms. The van der Waals surface area contributed by atoms with Gasteiger partial charge < -0.3 is 10.0 Å². The summed E-state index contributed by atoms with van der Waals surface area (Å²) in [5, 5.41) is 9.94. The lowest BCUT2D eigenvalue weighted by Gasteiger charge is -2.51. The van der Waals surface area contributed by atoms with E-state index < -0.39 is 0 Å². The molecule has 0 saturated heterocycles. The molecule has 2 heteroatoms. The van der Waals surface area contributed by atoms with E-state index in [1.807, 2.05) is 12.1 Å². The van der Waals surface area contributed by atoms with Crippen LogP contribution in [0.2, 0.25) is 0 Å². The number of phenols is 1. The van der Waals surface area contributed by atoms with Gasteiger partial charge in [-0.15, -0.1) is 0 Å². The number of rotatable bonds is 1. The zero-order valence-electron chi connectivity index (χ0n) is 13.0. The number of likely N-dealkylation sites (N-methyl/N-ethyl adjacent to an activating group) is 1. The number of nitrogens with zero attached hydrogens (tertiary/aromatic N) is 1. The van der Waals surface area contributed by atoms with Crippen molar-refractivity contribution >= 4 is 0 Å². The molecular weight excluding hydrogens is 246 g/mol. The third kappa shape index (κ3) is 2.14. The van der Waals surface area contributed by atoms with Crippen LogP contribution in [-0.4, -0.2) is 30.1 Å². The molecule has 0 amide bonds. The van der Waals surface area contributed by atoms with Gasteiger partial charge in [-0.2, -0.15) is 0 Å². The standard InChI is InChI=1S/C18H27NO/c1-18-10-6-4-5-7-14(17(18)19(2)3)11-13-8-9-15(20)12-16(13)18/h8-9,12,14,17,20H,4-7,10-11H2,1-3H3/t14-,17-,18+/m0/s1. The van der Waals surface area contributed by atoms with E-state index in [1.54, 1.807) is 0 Å². The second-order valence-corrected chi connectivity index (χ2v) is 7.23. The summed E-state index contributed by atoms with van der Waals surface area (Å²) in [6.07, 6.45) is 7.80. The molecule has 2 aliphatic rings. The molecule has 2 nitrogen and oxygen atoms in total. The maximum Gasteiger partial charge on any atom is 0.115 e. The molecule has 0 spiro atoms. The number of hydrogen-bond donors (Lipinski definition) is 1. The van der Waals surface area contributed by atoms with Gasteiger partial charge in [-0.25, -0.2) is 0 Å². The Kier molecular flexibility index (Phi) is 3.53. The van der Waals surface area contributed by atoms with Crippen LogP contribution in [0.4, 0.5) is 0 Å². The van der Waals surface area contributed by atoms with Crippen molar-refractivity contribution in [2.24, 2.45) is 5.92 Å². The Morgan fingerprint density at radius 3 is 2.75 bits per heavy atom. The summed E-state index contributed by atoms with van der Waals surface area (Å²) in [6.45, 7) is 2.42. The van der Waals surface area contributed by atoms with Crippen molar-refractivity contribution in [3.63, 3.8) is 0 Å². The monoisotopic (exact) mass is 273 g/mol.